The second kappa shape index (κ2) is 5.83. The summed E-state index contributed by atoms with van der Waals surface area (Å²) in [5.74, 6) is 1.24. The molecule has 1 aliphatic carbocycles. The molecule has 0 aliphatic heterocycles. The molecule has 0 bridgehead atoms. The summed E-state index contributed by atoms with van der Waals surface area (Å²) in [5.41, 5.74) is 1.71. The minimum absolute atomic E-state index is 0.0126. The number of carbonyl (C=O) groups excluding carboxylic acids is 1. The Labute approximate surface area is 133 Å². The number of fused-ring (bicyclic) bond motifs is 1. The van der Waals surface area contributed by atoms with Crippen molar-refractivity contribution < 1.29 is 4.79 Å². The van der Waals surface area contributed by atoms with Crippen LogP contribution in [0.15, 0.2) is 36.5 Å². The first-order valence-electron chi connectivity index (χ1n) is 7.89. The zero-order valence-electron chi connectivity index (χ0n) is 12.6. The van der Waals surface area contributed by atoms with Crippen LogP contribution in [0.25, 0.3) is 5.52 Å². The van der Waals surface area contributed by atoms with Crippen LogP contribution in [-0.4, -0.2) is 37.0 Å². The van der Waals surface area contributed by atoms with Gasteiger partial charge in [-0.1, -0.05) is 11.3 Å². The average molecular weight is 310 g/mol. The second-order valence-corrected chi connectivity index (χ2v) is 6.10. The summed E-state index contributed by atoms with van der Waals surface area (Å²) in [6, 6.07) is 9.94. The summed E-state index contributed by atoms with van der Waals surface area (Å²) < 4.78 is 1.92. The van der Waals surface area contributed by atoms with Gasteiger partial charge < -0.3 is 9.72 Å². The molecule has 0 saturated heterocycles. The Bertz CT molecular complexity index is 809. The fourth-order valence-corrected chi connectivity index (χ4v) is 3.42. The van der Waals surface area contributed by atoms with E-state index < -0.39 is 0 Å². The highest BCUT2D eigenvalue weighted by Gasteiger charge is 2.27. The van der Waals surface area contributed by atoms with E-state index in [0.717, 1.165) is 37.0 Å². The number of H-pyrrole nitrogens is 1. The van der Waals surface area contributed by atoms with E-state index in [4.69, 9.17) is 0 Å². The van der Waals surface area contributed by atoms with Crippen molar-refractivity contribution in [2.24, 2.45) is 5.92 Å². The molecule has 1 amide bonds. The normalized spacial score (nSPS) is 20.9. The molecule has 3 aromatic rings. The zero-order chi connectivity index (χ0) is 15.6. The van der Waals surface area contributed by atoms with Crippen molar-refractivity contribution in [1.82, 2.24) is 30.3 Å². The lowest BCUT2D eigenvalue weighted by molar-refractivity contribution is 0.0931. The maximum Gasteiger partial charge on any atom is 0.268 e. The number of nitrogens with zero attached hydrogens (tertiary/aromatic N) is 4. The third-order valence-electron chi connectivity index (χ3n) is 4.53. The van der Waals surface area contributed by atoms with Crippen molar-refractivity contribution >= 4 is 11.4 Å². The van der Waals surface area contributed by atoms with Crippen molar-refractivity contribution in [3.63, 3.8) is 0 Å². The summed E-state index contributed by atoms with van der Waals surface area (Å²) in [7, 11) is 0. The highest BCUT2D eigenvalue weighted by atomic mass is 16.2. The lowest BCUT2D eigenvalue weighted by Gasteiger charge is -2.13. The van der Waals surface area contributed by atoms with E-state index in [-0.39, 0.29) is 11.9 Å². The Kier molecular flexibility index (Phi) is 3.53. The molecule has 7 heteroatoms. The van der Waals surface area contributed by atoms with Gasteiger partial charge in [-0.05, 0) is 49.4 Å². The van der Waals surface area contributed by atoms with Gasteiger partial charge in [-0.2, -0.15) is 5.21 Å². The fourth-order valence-electron chi connectivity index (χ4n) is 3.42. The maximum atomic E-state index is 12.5. The highest BCUT2D eigenvalue weighted by molar-refractivity contribution is 5.94. The van der Waals surface area contributed by atoms with Crippen LogP contribution < -0.4 is 5.32 Å². The van der Waals surface area contributed by atoms with Crippen molar-refractivity contribution in [3.05, 3.63) is 48.0 Å². The molecule has 0 aromatic carbocycles. The van der Waals surface area contributed by atoms with Gasteiger partial charge in [-0.15, -0.1) is 10.2 Å². The van der Waals surface area contributed by atoms with Gasteiger partial charge in [0.2, 0.25) is 0 Å². The number of aromatic amines is 1. The molecule has 1 aliphatic rings. The summed E-state index contributed by atoms with van der Waals surface area (Å²) in [5, 5.41) is 17.2. The van der Waals surface area contributed by atoms with Crippen LogP contribution in [0.5, 0.6) is 0 Å². The van der Waals surface area contributed by atoms with Crippen LogP contribution in [0.4, 0.5) is 0 Å². The standard InChI is InChI=1S/C16H18N6O/c23-16(14-7-6-13-3-1-2-8-22(13)14)17-12-5-4-11(9-12)10-15-18-20-21-19-15/h1-3,6-8,11-12H,4-5,9-10H2,(H,17,23)(H,18,19,20,21)/t11-,12+/m0/s1. The van der Waals surface area contributed by atoms with E-state index in [2.05, 4.69) is 25.9 Å². The predicted molar refractivity (Wildman–Crippen MR) is 83.9 cm³/mol. The molecule has 0 spiro atoms. The third-order valence-corrected chi connectivity index (χ3v) is 4.53. The number of pyridine rings is 1. The van der Waals surface area contributed by atoms with Crippen LogP contribution in [0.1, 0.15) is 35.6 Å². The maximum absolute atomic E-state index is 12.5. The van der Waals surface area contributed by atoms with Gasteiger partial charge in [-0.25, -0.2) is 0 Å². The first kappa shape index (κ1) is 13.9. The number of aromatic nitrogens is 5. The summed E-state index contributed by atoms with van der Waals surface area (Å²) in [4.78, 5) is 12.5. The highest BCUT2D eigenvalue weighted by Crippen LogP contribution is 2.28. The summed E-state index contributed by atoms with van der Waals surface area (Å²) >= 11 is 0. The van der Waals surface area contributed by atoms with E-state index in [0.29, 0.717) is 11.6 Å². The topological polar surface area (TPSA) is 88.0 Å². The van der Waals surface area contributed by atoms with Crippen molar-refractivity contribution in [3.8, 4) is 0 Å². The SMILES string of the molecule is O=C(N[C@@H]1CC[C@H](Cc2nn[nH]n2)C1)c1ccc2ccccn12. The van der Waals surface area contributed by atoms with Crippen molar-refractivity contribution in [2.75, 3.05) is 0 Å². The molecular weight excluding hydrogens is 292 g/mol. The molecule has 0 unspecified atom stereocenters. The fraction of sp³-hybridized carbons (Fsp3) is 0.375. The van der Waals surface area contributed by atoms with Gasteiger partial charge in [0.1, 0.15) is 5.69 Å². The molecule has 3 heterocycles. The van der Waals surface area contributed by atoms with Crippen LogP contribution >= 0.6 is 0 Å². The van der Waals surface area contributed by atoms with Crippen LogP contribution in [0.2, 0.25) is 0 Å². The molecular formula is C16H18N6O. The molecule has 2 N–H and O–H groups in total. The lowest BCUT2D eigenvalue weighted by Crippen LogP contribution is -2.33. The van der Waals surface area contributed by atoms with E-state index in [1.54, 1.807) is 0 Å². The number of tetrazole rings is 1. The minimum atomic E-state index is -0.0126. The Morgan fingerprint density at radius 3 is 3.13 bits per heavy atom. The third kappa shape index (κ3) is 2.81. The molecule has 1 saturated carbocycles. The zero-order valence-corrected chi connectivity index (χ0v) is 12.6. The monoisotopic (exact) mass is 310 g/mol. The van der Waals surface area contributed by atoms with E-state index >= 15 is 0 Å². The number of nitrogens with one attached hydrogen (secondary N) is 2. The van der Waals surface area contributed by atoms with Gasteiger partial charge in [0.15, 0.2) is 5.82 Å². The summed E-state index contributed by atoms with van der Waals surface area (Å²) in [6.07, 6.45) is 5.77. The van der Waals surface area contributed by atoms with Crippen LogP contribution in [0.3, 0.4) is 0 Å². The summed E-state index contributed by atoms with van der Waals surface area (Å²) in [6.45, 7) is 0. The minimum Gasteiger partial charge on any atom is -0.348 e. The quantitative estimate of drug-likeness (QED) is 0.766. The molecule has 1 fully saturated rings. The smallest absolute Gasteiger partial charge is 0.268 e. The molecule has 7 nitrogen and oxygen atoms in total. The first-order chi connectivity index (χ1) is 11.3. The molecule has 3 aromatic heterocycles. The number of hydrogen-bond acceptors (Lipinski definition) is 4. The molecule has 4 rings (SSSR count). The van der Waals surface area contributed by atoms with Crippen molar-refractivity contribution in [1.29, 1.82) is 0 Å². The van der Waals surface area contributed by atoms with Crippen molar-refractivity contribution in [2.45, 2.75) is 31.7 Å². The van der Waals surface area contributed by atoms with Gasteiger partial charge in [0.05, 0.1) is 0 Å². The number of carbonyl (C=O) groups is 1. The average Bonchev–Trinajstić information content (AvgIpc) is 3.28. The van der Waals surface area contributed by atoms with Crippen LogP contribution in [-0.2, 0) is 6.42 Å². The Morgan fingerprint density at radius 2 is 2.26 bits per heavy atom. The number of amides is 1. The largest absolute Gasteiger partial charge is 0.348 e. The Hall–Kier alpha value is -2.70. The number of hydrogen-bond donors (Lipinski definition) is 2. The van der Waals surface area contributed by atoms with Gasteiger partial charge in [-0.3, -0.25) is 4.79 Å². The lowest BCUT2D eigenvalue weighted by atomic mass is 10.0. The molecule has 23 heavy (non-hydrogen) atoms. The van der Waals surface area contributed by atoms with Crippen LogP contribution in [0, 0.1) is 5.92 Å². The number of rotatable bonds is 4. The van der Waals surface area contributed by atoms with Gasteiger partial charge in [0.25, 0.3) is 5.91 Å². The first-order valence-corrected chi connectivity index (χ1v) is 7.89. The van der Waals surface area contributed by atoms with Gasteiger partial charge >= 0.3 is 0 Å². The van der Waals surface area contributed by atoms with E-state index in [1.807, 2.05) is 40.9 Å². The molecule has 2 atom stereocenters. The Morgan fingerprint density at radius 1 is 1.30 bits per heavy atom. The van der Waals surface area contributed by atoms with E-state index in [1.165, 1.54) is 0 Å². The molecule has 118 valence electrons. The predicted octanol–water partition coefficient (Wildman–Crippen LogP) is 1.59. The van der Waals surface area contributed by atoms with Gasteiger partial charge in [0, 0.05) is 24.2 Å². The van der Waals surface area contributed by atoms with E-state index in [9.17, 15) is 4.79 Å². The second-order valence-electron chi connectivity index (χ2n) is 6.10. The Balaban J connectivity index is 1.40. The molecule has 0 radical (unpaired) electrons.